The summed E-state index contributed by atoms with van der Waals surface area (Å²) in [6.07, 6.45) is 0.125. The molecule has 0 saturated carbocycles. The van der Waals surface area contributed by atoms with Crippen LogP contribution in [0.25, 0.3) is 0 Å². The van der Waals surface area contributed by atoms with Crippen LogP contribution in [0.1, 0.15) is 13.3 Å². The van der Waals surface area contributed by atoms with E-state index in [2.05, 4.69) is 4.98 Å². The summed E-state index contributed by atoms with van der Waals surface area (Å²) in [5.74, 6) is 0.0668. The molecular formula is C12H17N3O5. The Labute approximate surface area is 116 Å². The molecule has 0 amide bonds. The molecule has 0 spiro atoms. The SMILES string of the molecule is CCOC(=O)CCN(C)c1nc(OC)ccc1[N+](=O)[O-]. The number of pyridine rings is 1. The molecule has 0 aliphatic carbocycles. The number of carbonyl (C=O) groups excluding carboxylic acids is 1. The Hall–Kier alpha value is -2.38. The van der Waals surface area contributed by atoms with Gasteiger partial charge in [0.1, 0.15) is 0 Å². The topological polar surface area (TPSA) is 94.8 Å². The summed E-state index contributed by atoms with van der Waals surface area (Å²) in [6.45, 7) is 2.29. The van der Waals surface area contributed by atoms with E-state index in [-0.39, 0.29) is 36.3 Å². The number of hydrogen-bond donors (Lipinski definition) is 0. The Bertz CT molecular complexity index is 492. The van der Waals surface area contributed by atoms with Crippen LogP contribution in [0.2, 0.25) is 0 Å². The van der Waals surface area contributed by atoms with Crippen LogP contribution in [-0.2, 0) is 9.53 Å². The highest BCUT2D eigenvalue weighted by molar-refractivity contribution is 5.70. The number of nitro groups is 1. The first-order chi connectivity index (χ1) is 9.49. The molecule has 0 bridgehead atoms. The van der Waals surface area contributed by atoms with Crippen LogP contribution in [-0.4, -0.2) is 43.2 Å². The van der Waals surface area contributed by atoms with Crippen LogP contribution in [0.15, 0.2) is 12.1 Å². The third-order valence-corrected chi connectivity index (χ3v) is 2.55. The molecule has 0 aliphatic heterocycles. The maximum atomic E-state index is 11.3. The van der Waals surface area contributed by atoms with Crippen LogP contribution >= 0.6 is 0 Å². The molecule has 110 valence electrons. The molecule has 8 nitrogen and oxygen atoms in total. The van der Waals surface area contributed by atoms with Crippen molar-refractivity contribution in [2.75, 3.05) is 32.2 Å². The number of rotatable bonds is 7. The van der Waals surface area contributed by atoms with Gasteiger partial charge in [0.05, 0.1) is 25.1 Å². The maximum Gasteiger partial charge on any atom is 0.311 e. The lowest BCUT2D eigenvalue weighted by Crippen LogP contribution is -2.24. The van der Waals surface area contributed by atoms with E-state index >= 15 is 0 Å². The molecule has 0 aliphatic rings. The third kappa shape index (κ3) is 4.08. The molecule has 1 aromatic rings. The van der Waals surface area contributed by atoms with Crippen molar-refractivity contribution in [2.24, 2.45) is 0 Å². The summed E-state index contributed by atoms with van der Waals surface area (Å²) in [6, 6.07) is 2.74. The lowest BCUT2D eigenvalue weighted by atomic mass is 10.3. The van der Waals surface area contributed by atoms with Gasteiger partial charge >= 0.3 is 11.7 Å². The molecule has 20 heavy (non-hydrogen) atoms. The number of nitrogens with zero attached hydrogens (tertiary/aromatic N) is 3. The molecule has 0 unspecified atom stereocenters. The van der Waals surface area contributed by atoms with Crippen molar-refractivity contribution < 1.29 is 19.2 Å². The van der Waals surface area contributed by atoms with Gasteiger partial charge in [-0.15, -0.1) is 0 Å². The molecule has 0 saturated heterocycles. The first-order valence-electron chi connectivity index (χ1n) is 6.05. The van der Waals surface area contributed by atoms with Gasteiger partial charge in [0.15, 0.2) is 0 Å². The highest BCUT2D eigenvalue weighted by Gasteiger charge is 2.20. The van der Waals surface area contributed by atoms with E-state index in [9.17, 15) is 14.9 Å². The molecule has 0 radical (unpaired) electrons. The van der Waals surface area contributed by atoms with Crippen molar-refractivity contribution in [2.45, 2.75) is 13.3 Å². The lowest BCUT2D eigenvalue weighted by molar-refractivity contribution is -0.384. The van der Waals surface area contributed by atoms with E-state index in [1.165, 1.54) is 24.1 Å². The minimum atomic E-state index is -0.525. The van der Waals surface area contributed by atoms with Crippen LogP contribution in [0.4, 0.5) is 11.5 Å². The average molecular weight is 283 g/mol. The maximum absolute atomic E-state index is 11.3. The van der Waals surface area contributed by atoms with Gasteiger partial charge < -0.3 is 14.4 Å². The smallest absolute Gasteiger partial charge is 0.311 e. The van der Waals surface area contributed by atoms with E-state index in [0.717, 1.165) is 0 Å². The molecule has 0 aromatic carbocycles. The van der Waals surface area contributed by atoms with Gasteiger partial charge in [-0.05, 0) is 6.92 Å². The second kappa shape index (κ2) is 7.27. The molecule has 0 fully saturated rings. The summed E-state index contributed by atoms with van der Waals surface area (Å²) < 4.78 is 9.76. The minimum Gasteiger partial charge on any atom is -0.481 e. The average Bonchev–Trinajstić information content (AvgIpc) is 2.44. The molecule has 8 heteroatoms. The van der Waals surface area contributed by atoms with Crippen LogP contribution < -0.4 is 9.64 Å². The summed E-state index contributed by atoms with van der Waals surface area (Å²) in [5.41, 5.74) is -0.142. The van der Waals surface area contributed by atoms with E-state index in [4.69, 9.17) is 9.47 Å². The molecule has 1 aromatic heterocycles. The van der Waals surface area contributed by atoms with E-state index in [1.54, 1.807) is 14.0 Å². The Balaban J connectivity index is 2.86. The predicted octanol–water partition coefficient (Wildman–Crippen LogP) is 1.39. The zero-order valence-corrected chi connectivity index (χ0v) is 11.7. The number of aromatic nitrogens is 1. The highest BCUT2D eigenvalue weighted by atomic mass is 16.6. The van der Waals surface area contributed by atoms with E-state index in [0.29, 0.717) is 6.61 Å². The zero-order valence-electron chi connectivity index (χ0n) is 11.7. The number of hydrogen-bond acceptors (Lipinski definition) is 7. The molecule has 0 atom stereocenters. The van der Waals surface area contributed by atoms with Gasteiger partial charge in [-0.3, -0.25) is 14.9 Å². The van der Waals surface area contributed by atoms with Crippen molar-refractivity contribution in [3.63, 3.8) is 0 Å². The number of esters is 1. The fraction of sp³-hybridized carbons (Fsp3) is 0.500. The first kappa shape index (κ1) is 15.7. The standard InChI is InChI=1S/C12H17N3O5/c1-4-20-11(16)7-8-14(2)12-9(15(17)18)5-6-10(13-12)19-3/h5-6H,4,7-8H2,1-3H3. The molecular weight excluding hydrogens is 266 g/mol. The van der Waals surface area contributed by atoms with Gasteiger partial charge in [-0.1, -0.05) is 0 Å². The lowest BCUT2D eigenvalue weighted by Gasteiger charge is -2.17. The summed E-state index contributed by atoms with van der Waals surface area (Å²) in [5, 5.41) is 11.0. The van der Waals surface area contributed by atoms with Crippen molar-refractivity contribution in [3.8, 4) is 5.88 Å². The molecule has 1 rings (SSSR count). The third-order valence-electron chi connectivity index (χ3n) is 2.55. The zero-order chi connectivity index (χ0) is 15.1. The van der Waals surface area contributed by atoms with E-state index < -0.39 is 4.92 Å². The number of anilines is 1. The van der Waals surface area contributed by atoms with Crippen molar-refractivity contribution in [3.05, 3.63) is 22.2 Å². The van der Waals surface area contributed by atoms with Gasteiger partial charge in [0, 0.05) is 25.7 Å². The fourth-order valence-corrected chi connectivity index (χ4v) is 1.56. The van der Waals surface area contributed by atoms with Crippen molar-refractivity contribution >= 4 is 17.5 Å². The monoisotopic (exact) mass is 283 g/mol. The normalized spacial score (nSPS) is 9.95. The van der Waals surface area contributed by atoms with Crippen LogP contribution in [0, 0.1) is 10.1 Å². The molecule has 1 heterocycles. The fourth-order valence-electron chi connectivity index (χ4n) is 1.56. The Morgan fingerprint density at radius 3 is 2.75 bits per heavy atom. The Kier molecular flexibility index (Phi) is 5.70. The van der Waals surface area contributed by atoms with Crippen LogP contribution in [0.3, 0.4) is 0 Å². The summed E-state index contributed by atoms with van der Waals surface area (Å²) >= 11 is 0. The van der Waals surface area contributed by atoms with Gasteiger partial charge in [-0.25, -0.2) is 0 Å². The quantitative estimate of drug-likeness (QED) is 0.424. The van der Waals surface area contributed by atoms with E-state index in [1.807, 2.05) is 0 Å². The van der Waals surface area contributed by atoms with Crippen LogP contribution in [0.5, 0.6) is 5.88 Å². The Morgan fingerprint density at radius 2 is 2.20 bits per heavy atom. The van der Waals surface area contributed by atoms with Crippen molar-refractivity contribution in [1.82, 2.24) is 4.98 Å². The first-order valence-corrected chi connectivity index (χ1v) is 6.05. The summed E-state index contributed by atoms with van der Waals surface area (Å²) in [7, 11) is 3.05. The highest BCUT2D eigenvalue weighted by Crippen LogP contribution is 2.27. The second-order valence-corrected chi connectivity index (χ2v) is 3.93. The number of ether oxygens (including phenoxy) is 2. The van der Waals surface area contributed by atoms with Crippen molar-refractivity contribution in [1.29, 1.82) is 0 Å². The number of carbonyl (C=O) groups is 1. The largest absolute Gasteiger partial charge is 0.481 e. The predicted molar refractivity (Wildman–Crippen MR) is 72.0 cm³/mol. The second-order valence-electron chi connectivity index (χ2n) is 3.93. The summed E-state index contributed by atoms with van der Waals surface area (Å²) in [4.78, 5) is 27.3. The minimum absolute atomic E-state index is 0.125. The molecule has 0 N–H and O–H groups in total. The van der Waals surface area contributed by atoms with Gasteiger partial charge in [0.25, 0.3) is 0 Å². The number of methoxy groups -OCH3 is 1. The van der Waals surface area contributed by atoms with Gasteiger partial charge in [0.2, 0.25) is 11.7 Å². The van der Waals surface area contributed by atoms with Gasteiger partial charge in [-0.2, -0.15) is 4.98 Å². The Morgan fingerprint density at radius 1 is 1.50 bits per heavy atom.